The van der Waals surface area contributed by atoms with Crippen LogP contribution in [-0.2, 0) is 4.74 Å². The van der Waals surface area contributed by atoms with Crippen LogP contribution in [0.15, 0.2) is 0 Å². The molecule has 4 heteroatoms. The molecule has 0 aromatic rings. The van der Waals surface area contributed by atoms with E-state index >= 15 is 0 Å². The van der Waals surface area contributed by atoms with Gasteiger partial charge in [0.2, 0.25) is 0 Å². The Bertz CT molecular complexity index is 511. The van der Waals surface area contributed by atoms with Gasteiger partial charge in [-0.3, -0.25) is 4.90 Å². The minimum Gasteiger partial charge on any atom is -0.393 e. The van der Waals surface area contributed by atoms with E-state index in [0.29, 0.717) is 18.6 Å². The lowest BCUT2D eigenvalue weighted by atomic mass is 9.70. The summed E-state index contributed by atoms with van der Waals surface area (Å²) in [5.41, 5.74) is 0.339. The Morgan fingerprint density at radius 1 is 1.04 bits per heavy atom. The average molecular weight is 368 g/mol. The van der Waals surface area contributed by atoms with Crippen LogP contribution in [0.5, 0.6) is 0 Å². The molecule has 1 heterocycles. The van der Waals surface area contributed by atoms with Crippen molar-refractivity contribution in [2.75, 3.05) is 13.2 Å². The average Bonchev–Trinajstić information content (AvgIpc) is 2.80. The summed E-state index contributed by atoms with van der Waals surface area (Å²) in [5, 5.41) is 21.0. The van der Waals surface area contributed by atoms with Crippen LogP contribution in [0.25, 0.3) is 0 Å². The first-order chi connectivity index (χ1) is 11.8. The first kappa shape index (κ1) is 20.6. The van der Waals surface area contributed by atoms with Gasteiger partial charge in [-0.1, -0.05) is 20.8 Å². The van der Waals surface area contributed by atoms with Gasteiger partial charge in [0.25, 0.3) is 0 Å². The fraction of sp³-hybridized carbons (Fsp3) is 1.00. The van der Waals surface area contributed by atoms with Crippen molar-refractivity contribution in [1.29, 1.82) is 0 Å². The van der Waals surface area contributed by atoms with Crippen LogP contribution in [-0.4, -0.2) is 57.7 Å². The Balaban J connectivity index is 1.59. The van der Waals surface area contributed by atoms with Crippen molar-refractivity contribution >= 4 is 0 Å². The van der Waals surface area contributed by atoms with Gasteiger partial charge in [0.05, 0.1) is 24.9 Å². The third-order valence-corrected chi connectivity index (χ3v) is 8.53. The third kappa shape index (κ3) is 3.25. The normalized spacial score (nSPS) is 40.0. The Hall–Kier alpha value is -0.160. The van der Waals surface area contributed by atoms with Gasteiger partial charge in [0, 0.05) is 17.6 Å². The lowest BCUT2D eigenvalue weighted by Crippen LogP contribution is -2.63. The second-order valence-electron chi connectivity index (χ2n) is 11.4. The maximum Gasteiger partial charge on any atom is 0.0900 e. The van der Waals surface area contributed by atoms with Crippen LogP contribution >= 0.6 is 0 Å². The smallest absolute Gasteiger partial charge is 0.0900 e. The SMILES string of the molecule is CC1(C)CC(O)CC(C)(C)N1C[C@@H](O)CO[C@@H]1C[C@@H]2CC[C@]1(C)C2(C)C. The van der Waals surface area contributed by atoms with Gasteiger partial charge in [0.1, 0.15) is 0 Å². The summed E-state index contributed by atoms with van der Waals surface area (Å²) < 4.78 is 6.31. The van der Waals surface area contributed by atoms with Crippen molar-refractivity contribution in [3.05, 3.63) is 0 Å². The summed E-state index contributed by atoms with van der Waals surface area (Å²) in [7, 11) is 0. The van der Waals surface area contributed by atoms with E-state index in [2.05, 4.69) is 53.4 Å². The van der Waals surface area contributed by atoms with E-state index in [4.69, 9.17) is 4.74 Å². The summed E-state index contributed by atoms with van der Waals surface area (Å²) in [4.78, 5) is 2.37. The predicted molar refractivity (Wildman–Crippen MR) is 105 cm³/mol. The van der Waals surface area contributed by atoms with Gasteiger partial charge in [-0.15, -0.1) is 0 Å². The molecule has 1 aliphatic heterocycles. The van der Waals surface area contributed by atoms with Crippen LogP contribution in [0.4, 0.5) is 0 Å². The van der Waals surface area contributed by atoms with Crippen molar-refractivity contribution in [3.63, 3.8) is 0 Å². The van der Waals surface area contributed by atoms with Crippen molar-refractivity contribution in [1.82, 2.24) is 4.90 Å². The van der Waals surface area contributed by atoms with Gasteiger partial charge in [-0.05, 0) is 76.5 Å². The lowest BCUT2D eigenvalue weighted by Gasteiger charge is -2.55. The molecule has 152 valence electrons. The molecule has 2 N–H and O–H groups in total. The molecule has 3 rings (SSSR count). The number of nitrogens with zero attached hydrogens (tertiary/aromatic N) is 1. The van der Waals surface area contributed by atoms with E-state index in [0.717, 1.165) is 25.2 Å². The molecule has 2 saturated carbocycles. The molecule has 0 unspecified atom stereocenters. The number of aliphatic hydroxyl groups is 2. The molecule has 2 aliphatic carbocycles. The van der Waals surface area contributed by atoms with Gasteiger partial charge < -0.3 is 14.9 Å². The summed E-state index contributed by atoms with van der Waals surface area (Å²) in [6, 6.07) is 0. The summed E-state index contributed by atoms with van der Waals surface area (Å²) in [6.07, 6.45) is 4.73. The monoisotopic (exact) mass is 367 g/mol. The zero-order chi connectivity index (χ0) is 19.5. The number of rotatable bonds is 5. The first-order valence-corrected chi connectivity index (χ1v) is 10.5. The highest BCUT2D eigenvalue weighted by atomic mass is 16.5. The number of aliphatic hydroxyl groups excluding tert-OH is 2. The lowest BCUT2D eigenvalue weighted by molar-refractivity contribution is -0.119. The molecule has 3 aliphatic rings. The molecule has 0 spiro atoms. The second kappa shape index (κ2) is 6.43. The number of fused-ring (bicyclic) bond motifs is 2. The topological polar surface area (TPSA) is 52.9 Å². The summed E-state index contributed by atoms with van der Waals surface area (Å²) >= 11 is 0. The number of hydrogen-bond acceptors (Lipinski definition) is 4. The van der Waals surface area contributed by atoms with Crippen molar-refractivity contribution < 1.29 is 14.9 Å². The molecule has 26 heavy (non-hydrogen) atoms. The quantitative estimate of drug-likeness (QED) is 0.780. The van der Waals surface area contributed by atoms with Crippen molar-refractivity contribution in [2.24, 2.45) is 16.7 Å². The highest BCUT2D eigenvalue weighted by Crippen LogP contribution is 2.66. The Morgan fingerprint density at radius 2 is 1.62 bits per heavy atom. The van der Waals surface area contributed by atoms with Crippen LogP contribution < -0.4 is 0 Å². The Morgan fingerprint density at radius 3 is 2.08 bits per heavy atom. The van der Waals surface area contributed by atoms with Crippen molar-refractivity contribution in [2.45, 2.75) is 110 Å². The number of likely N-dealkylation sites (tertiary alicyclic amines) is 1. The van der Waals surface area contributed by atoms with Crippen LogP contribution in [0.1, 0.15) is 80.6 Å². The molecule has 0 radical (unpaired) electrons. The van der Waals surface area contributed by atoms with Gasteiger partial charge in [-0.2, -0.15) is 0 Å². The van der Waals surface area contributed by atoms with E-state index in [1.165, 1.54) is 12.8 Å². The maximum absolute atomic E-state index is 10.7. The highest BCUT2D eigenvalue weighted by Gasteiger charge is 2.61. The molecule has 0 amide bonds. The van der Waals surface area contributed by atoms with Gasteiger partial charge in [-0.25, -0.2) is 0 Å². The van der Waals surface area contributed by atoms with Crippen LogP contribution in [0.3, 0.4) is 0 Å². The molecule has 4 atom stereocenters. The number of β-amino-alcohol motifs (C(OH)–C–C–N with tert-alkyl or cyclic N) is 1. The first-order valence-electron chi connectivity index (χ1n) is 10.5. The van der Waals surface area contributed by atoms with Gasteiger partial charge in [0.15, 0.2) is 0 Å². The maximum atomic E-state index is 10.7. The molecular formula is C22H41NO3. The number of ether oxygens (including phenoxy) is 1. The second-order valence-corrected chi connectivity index (χ2v) is 11.4. The summed E-state index contributed by atoms with van der Waals surface area (Å²) in [6.45, 7) is 16.9. The predicted octanol–water partition coefficient (Wildman–Crippen LogP) is 3.59. The van der Waals surface area contributed by atoms with E-state index in [1.54, 1.807) is 0 Å². The highest BCUT2D eigenvalue weighted by molar-refractivity contribution is 5.11. The van der Waals surface area contributed by atoms with E-state index < -0.39 is 6.10 Å². The van der Waals surface area contributed by atoms with Crippen molar-refractivity contribution in [3.8, 4) is 0 Å². The van der Waals surface area contributed by atoms with Gasteiger partial charge >= 0.3 is 0 Å². The zero-order valence-electron chi connectivity index (χ0n) is 18.0. The minimum absolute atomic E-state index is 0.122. The third-order valence-electron chi connectivity index (χ3n) is 8.53. The van der Waals surface area contributed by atoms with E-state index in [1.807, 2.05) is 0 Å². The van der Waals surface area contributed by atoms with E-state index in [9.17, 15) is 10.2 Å². The number of hydrogen-bond donors (Lipinski definition) is 2. The van der Waals surface area contributed by atoms with Crippen LogP contribution in [0.2, 0.25) is 0 Å². The Labute approximate surface area is 160 Å². The fourth-order valence-electron chi connectivity index (χ4n) is 6.63. The number of piperidine rings is 1. The Kier molecular flexibility index (Phi) is 5.09. The van der Waals surface area contributed by atoms with Crippen LogP contribution in [0, 0.1) is 16.7 Å². The van der Waals surface area contributed by atoms with E-state index in [-0.39, 0.29) is 28.7 Å². The standard InChI is InChI=1S/C22H41NO3/c1-19(2)11-16(24)12-20(3,4)23(19)13-17(25)14-26-18-10-15-8-9-22(18,7)21(15,5)6/h15-18,24-25H,8-14H2,1-7H3/t15-,17+,18+,22-/m0/s1. The largest absolute Gasteiger partial charge is 0.393 e. The molecule has 0 aromatic heterocycles. The molecular weight excluding hydrogens is 326 g/mol. The molecule has 0 aromatic carbocycles. The zero-order valence-corrected chi connectivity index (χ0v) is 18.0. The molecule has 2 bridgehead atoms. The molecule has 3 fully saturated rings. The summed E-state index contributed by atoms with van der Waals surface area (Å²) in [5.74, 6) is 0.760. The molecule has 4 nitrogen and oxygen atoms in total. The minimum atomic E-state index is -0.491. The fourth-order valence-corrected chi connectivity index (χ4v) is 6.63. The molecule has 1 saturated heterocycles.